The third kappa shape index (κ3) is 3.20. The first-order valence-corrected chi connectivity index (χ1v) is 15.2. The molecule has 0 atom stereocenters. The number of hydrogen-bond donors (Lipinski definition) is 0. The second-order valence-electron chi connectivity index (χ2n) is 11.8. The lowest BCUT2D eigenvalue weighted by Gasteiger charge is -2.09. The zero-order valence-electron chi connectivity index (χ0n) is 23.9. The van der Waals surface area contributed by atoms with E-state index in [1.54, 1.807) is 0 Å². The molecule has 0 bridgehead atoms. The molecule has 2 nitrogen and oxygen atoms in total. The van der Waals surface area contributed by atoms with Gasteiger partial charge >= 0.3 is 0 Å². The molecule has 0 aliphatic carbocycles. The maximum absolute atomic E-state index is 2.47. The molecule has 0 fully saturated rings. The molecular weight excluding hydrogens is 532 g/mol. The van der Waals surface area contributed by atoms with Crippen LogP contribution in [0.5, 0.6) is 0 Å². The number of benzene rings is 7. The van der Waals surface area contributed by atoms with Crippen LogP contribution in [0.2, 0.25) is 0 Å². The summed E-state index contributed by atoms with van der Waals surface area (Å²) in [7, 11) is 0. The van der Waals surface area contributed by atoms with Gasteiger partial charge in [-0.15, -0.1) is 0 Å². The number of rotatable bonds is 3. The highest BCUT2D eigenvalue weighted by atomic mass is 15.0. The predicted molar refractivity (Wildman–Crippen MR) is 186 cm³/mol. The molecule has 10 aromatic rings. The number of fused-ring (bicyclic) bond motifs is 9. The van der Waals surface area contributed by atoms with Gasteiger partial charge in [-0.2, -0.15) is 0 Å². The molecule has 3 heterocycles. The van der Waals surface area contributed by atoms with Gasteiger partial charge < -0.3 is 8.97 Å². The van der Waals surface area contributed by atoms with Gasteiger partial charge in [-0.25, -0.2) is 0 Å². The van der Waals surface area contributed by atoms with E-state index in [0.717, 1.165) is 0 Å². The summed E-state index contributed by atoms with van der Waals surface area (Å²) in [5, 5.41) is 7.75. The van der Waals surface area contributed by atoms with Gasteiger partial charge in [-0.3, -0.25) is 0 Å². The van der Waals surface area contributed by atoms with Gasteiger partial charge in [0.15, 0.2) is 0 Å². The molecule has 44 heavy (non-hydrogen) atoms. The predicted octanol–water partition coefficient (Wildman–Crippen LogP) is 11.3. The fourth-order valence-electron chi connectivity index (χ4n) is 7.48. The van der Waals surface area contributed by atoms with Gasteiger partial charge in [-0.05, 0) is 64.7 Å². The van der Waals surface area contributed by atoms with Crippen molar-refractivity contribution in [3.05, 3.63) is 158 Å². The van der Waals surface area contributed by atoms with E-state index >= 15 is 0 Å². The molecule has 0 unspecified atom stereocenters. The third-order valence-corrected chi connectivity index (χ3v) is 9.44. The summed E-state index contributed by atoms with van der Waals surface area (Å²) in [5.41, 5.74) is 12.4. The molecule has 0 saturated heterocycles. The quantitative estimate of drug-likeness (QED) is 0.204. The summed E-state index contributed by atoms with van der Waals surface area (Å²) < 4.78 is 4.87. The van der Waals surface area contributed by atoms with Crippen LogP contribution in [-0.4, -0.2) is 8.97 Å². The van der Waals surface area contributed by atoms with E-state index in [0.29, 0.717) is 0 Å². The molecule has 0 aliphatic heterocycles. The Morgan fingerprint density at radius 1 is 0.295 bits per heavy atom. The van der Waals surface area contributed by atoms with E-state index in [9.17, 15) is 0 Å². The molecule has 0 N–H and O–H groups in total. The van der Waals surface area contributed by atoms with Crippen LogP contribution in [0.3, 0.4) is 0 Å². The molecule has 7 aromatic carbocycles. The Hall–Kier alpha value is -5.86. The largest absolute Gasteiger partial charge is 0.309 e. The lowest BCUT2D eigenvalue weighted by atomic mass is 10.00. The lowest BCUT2D eigenvalue weighted by Crippen LogP contribution is -1.93. The maximum atomic E-state index is 2.47. The van der Waals surface area contributed by atoms with Gasteiger partial charge in [0.05, 0.1) is 27.6 Å². The van der Waals surface area contributed by atoms with Crippen LogP contribution in [0.1, 0.15) is 0 Å². The Morgan fingerprint density at radius 3 is 1.68 bits per heavy atom. The van der Waals surface area contributed by atoms with Gasteiger partial charge in [0, 0.05) is 38.0 Å². The second-order valence-corrected chi connectivity index (χ2v) is 11.8. The summed E-state index contributed by atoms with van der Waals surface area (Å²) in [5.74, 6) is 0. The van der Waals surface area contributed by atoms with E-state index in [1.807, 2.05) is 0 Å². The van der Waals surface area contributed by atoms with E-state index in [4.69, 9.17) is 0 Å². The van der Waals surface area contributed by atoms with Gasteiger partial charge in [0.25, 0.3) is 0 Å². The highest BCUT2D eigenvalue weighted by Crippen LogP contribution is 2.42. The van der Waals surface area contributed by atoms with E-state index < -0.39 is 0 Å². The lowest BCUT2D eigenvalue weighted by molar-refractivity contribution is 1.18. The average molecular weight is 559 g/mol. The highest BCUT2D eigenvalue weighted by molar-refractivity contribution is 6.24. The van der Waals surface area contributed by atoms with Crippen LogP contribution in [0.4, 0.5) is 0 Å². The fraction of sp³-hybridized carbons (Fsp3) is 0. The summed E-state index contributed by atoms with van der Waals surface area (Å²) in [6.45, 7) is 0. The van der Waals surface area contributed by atoms with Crippen LogP contribution < -0.4 is 0 Å². The van der Waals surface area contributed by atoms with Crippen molar-refractivity contribution in [3.63, 3.8) is 0 Å². The minimum atomic E-state index is 1.18. The first kappa shape index (κ1) is 23.7. The average Bonchev–Trinajstić information content (AvgIpc) is 3.73. The molecule has 0 aliphatic rings. The summed E-state index contributed by atoms with van der Waals surface area (Å²) in [6, 6.07) is 57.7. The summed E-state index contributed by atoms with van der Waals surface area (Å²) in [4.78, 5) is 0. The number of hydrogen-bond acceptors (Lipinski definition) is 0. The number of para-hydroxylation sites is 3. The Morgan fingerprint density at radius 2 is 0.864 bits per heavy atom. The zero-order valence-corrected chi connectivity index (χ0v) is 23.9. The minimum Gasteiger partial charge on any atom is -0.309 e. The SMILES string of the molecule is c1ccc(-c2ccc3c4cccc5c6cc(-c7ccc8c9ccccc9n(-c9ccccc9)c8c7)ccc6n(c3c2)c54)cc1. The van der Waals surface area contributed by atoms with E-state index in [-0.39, 0.29) is 0 Å². The molecule has 0 amide bonds. The summed E-state index contributed by atoms with van der Waals surface area (Å²) >= 11 is 0. The van der Waals surface area contributed by atoms with Gasteiger partial charge in [-0.1, -0.05) is 115 Å². The van der Waals surface area contributed by atoms with Crippen LogP contribution >= 0.6 is 0 Å². The first-order chi connectivity index (χ1) is 21.8. The Balaban J connectivity index is 1.21. The molecule has 10 rings (SSSR count). The van der Waals surface area contributed by atoms with Crippen molar-refractivity contribution in [1.29, 1.82) is 0 Å². The monoisotopic (exact) mass is 558 g/mol. The summed E-state index contributed by atoms with van der Waals surface area (Å²) in [6.07, 6.45) is 0. The fourth-order valence-corrected chi connectivity index (χ4v) is 7.48. The zero-order chi connectivity index (χ0) is 28.8. The molecular formula is C42H26N2. The van der Waals surface area contributed by atoms with Crippen molar-refractivity contribution >= 4 is 59.9 Å². The van der Waals surface area contributed by atoms with Gasteiger partial charge in [0.2, 0.25) is 0 Å². The van der Waals surface area contributed by atoms with Crippen molar-refractivity contribution in [3.8, 4) is 27.9 Å². The van der Waals surface area contributed by atoms with Crippen molar-refractivity contribution in [1.82, 2.24) is 8.97 Å². The molecule has 0 radical (unpaired) electrons. The van der Waals surface area contributed by atoms with Crippen molar-refractivity contribution in [2.75, 3.05) is 0 Å². The van der Waals surface area contributed by atoms with Crippen molar-refractivity contribution < 1.29 is 0 Å². The van der Waals surface area contributed by atoms with E-state index in [2.05, 4.69) is 167 Å². The number of nitrogens with zero attached hydrogens (tertiary/aromatic N) is 2. The smallest absolute Gasteiger partial charge is 0.0620 e. The molecule has 2 heteroatoms. The Kier molecular flexibility index (Phi) is 4.75. The van der Waals surface area contributed by atoms with Crippen molar-refractivity contribution in [2.24, 2.45) is 0 Å². The normalized spacial score (nSPS) is 12.1. The second kappa shape index (κ2) is 8.82. The third-order valence-electron chi connectivity index (χ3n) is 9.44. The molecule has 3 aromatic heterocycles. The van der Waals surface area contributed by atoms with Crippen LogP contribution in [0.25, 0.3) is 87.8 Å². The Labute approximate surface area is 254 Å². The molecule has 204 valence electrons. The number of aromatic nitrogens is 2. The van der Waals surface area contributed by atoms with Crippen LogP contribution in [0.15, 0.2) is 158 Å². The minimum absolute atomic E-state index is 1.18. The van der Waals surface area contributed by atoms with E-state index in [1.165, 1.54) is 87.8 Å². The first-order valence-electron chi connectivity index (χ1n) is 15.2. The van der Waals surface area contributed by atoms with Gasteiger partial charge in [0.1, 0.15) is 0 Å². The highest BCUT2D eigenvalue weighted by Gasteiger charge is 2.19. The van der Waals surface area contributed by atoms with Crippen LogP contribution in [0, 0.1) is 0 Å². The van der Waals surface area contributed by atoms with Crippen molar-refractivity contribution in [2.45, 2.75) is 0 Å². The Bertz CT molecular complexity index is 2690. The maximum Gasteiger partial charge on any atom is 0.0620 e. The topological polar surface area (TPSA) is 9.34 Å². The molecule has 0 saturated carbocycles. The van der Waals surface area contributed by atoms with Crippen LogP contribution in [-0.2, 0) is 0 Å². The standard InChI is InChI=1S/C42H26N2/c1-3-10-27(11-4-1)29-18-22-34-35-15-9-16-36-37-24-28(20-23-39(37)44(42(35)36)41(34)25-29)30-19-21-33-32-14-7-8-17-38(32)43(40(33)26-30)31-12-5-2-6-13-31/h1-26H. The molecule has 0 spiro atoms.